The minimum Gasteiger partial charge on any atom is -0.307 e. The van der Waals surface area contributed by atoms with E-state index in [1.54, 1.807) is 0 Å². The van der Waals surface area contributed by atoms with Gasteiger partial charge in [-0.05, 0) is 61.1 Å². The van der Waals surface area contributed by atoms with Gasteiger partial charge in [-0.25, -0.2) is 4.39 Å². The first-order valence-electron chi connectivity index (χ1n) is 7.39. The summed E-state index contributed by atoms with van der Waals surface area (Å²) in [6.07, 6.45) is 2.26. The lowest BCUT2D eigenvalue weighted by molar-refractivity contribution is 0.271. The lowest BCUT2D eigenvalue weighted by Crippen LogP contribution is -2.41. The van der Waals surface area contributed by atoms with Crippen LogP contribution in [-0.4, -0.2) is 6.04 Å². The van der Waals surface area contributed by atoms with Gasteiger partial charge in [0.15, 0.2) is 0 Å². The van der Waals surface area contributed by atoms with Crippen LogP contribution in [-0.2, 0) is 0 Å². The number of halogens is 2. The highest BCUT2D eigenvalue weighted by Crippen LogP contribution is 2.38. The van der Waals surface area contributed by atoms with Gasteiger partial charge in [-0.1, -0.05) is 35.9 Å². The van der Waals surface area contributed by atoms with Gasteiger partial charge in [0, 0.05) is 17.1 Å². The van der Waals surface area contributed by atoms with Crippen molar-refractivity contribution in [3.8, 4) is 0 Å². The van der Waals surface area contributed by atoms with Crippen molar-refractivity contribution < 1.29 is 4.39 Å². The molecule has 0 bridgehead atoms. The second-order valence-corrected chi connectivity index (χ2v) is 6.30. The van der Waals surface area contributed by atoms with E-state index >= 15 is 0 Å². The van der Waals surface area contributed by atoms with E-state index in [2.05, 4.69) is 24.4 Å². The van der Waals surface area contributed by atoms with E-state index in [9.17, 15) is 4.39 Å². The zero-order chi connectivity index (χ0) is 14.8. The predicted molar refractivity (Wildman–Crippen MR) is 85.2 cm³/mol. The van der Waals surface area contributed by atoms with Crippen molar-refractivity contribution in [1.82, 2.24) is 5.32 Å². The molecule has 0 aliphatic heterocycles. The number of rotatable bonds is 4. The third-order valence-electron chi connectivity index (χ3n) is 4.31. The largest absolute Gasteiger partial charge is 0.307 e. The monoisotopic (exact) mass is 303 g/mol. The topological polar surface area (TPSA) is 12.0 Å². The molecule has 3 rings (SSSR count). The molecule has 1 unspecified atom stereocenters. The molecule has 1 fully saturated rings. The molecule has 0 amide bonds. The van der Waals surface area contributed by atoms with Crippen LogP contribution in [0.5, 0.6) is 0 Å². The molecule has 3 heteroatoms. The van der Waals surface area contributed by atoms with Crippen LogP contribution in [0.4, 0.5) is 4.39 Å². The zero-order valence-corrected chi connectivity index (χ0v) is 12.8. The van der Waals surface area contributed by atoms with Gasteiger partial charge in [-0.15, -0.1) is 0 Å². The molecular weight excluding hydrogens is 285 g/mol. The van der Waals surface area contributed by atoms with Crippen LogP contribution in [0.25, 0.3) is 0 Å². The molecule has 21 heavy (non-hydrogen) atoms. The predicted octanol–water partition coefficient (Wildman–Crippen LogP) is 5.08. The fourth-order valence-electron chi connectivity index (χ4n) is 2.99. The smallest absolute Gasteiger partial charge is 0.123 e. The van der Waals surface area contributed by atoms with Crippen LogP contribution in [0.3, 0.4) is 0 Å². The first-order chi connectivity index (χ1) is 10.1. The quantitative estimate of drug-likeness (QED) is 0.831. The molecule has 2 aromatic rings. The molecule has 0 aromatic heterocycles. The summed E-state index contributed by atoms with van der Waals surface area (Å²) in [5.74, 6) is 0.414. The summed E-state index contributed by atoms with van der Waals surface area (Å²) >= 11 is 6.04. The van der Waals surface area contributed by atoms with Gasteiger partial charge in [-0.3, -0.25) is 0 Å². The van der Waals surface area contributed by atoms with Crippen molar-refractivity contribution in [2.75, 3.05) is 0 Å². The number of benzene rings is 2. The SMILES string of the molecule is CC(NC1CC(c2cccc(Cl)c2)C1)c1ccc(F)cc1. The van der Waals surface area contributed by atoms with Gasteiger partial charge < -0.3 is 5.32 Å². The highest BCUT2D eigenvalue weighted by atomic mass is 35.5. The van der Waals surface area contributed by atoms with E-state index in [1.807, 2.05) is 24.3 Å². The molecule has 0 spiro atoms. The van der Waals surface area contributed by atoms with E-state index in [4.69, 9.17) is 11.6 Å². The third-order valence-corrected chi connectivity index (χ3v) is 4.55. The molecule has 1 atom stereocenters. The standard InChI is InChI=1S/C18H19ClFN/c1-12(13-5-7-17(20)8-6-13)21-18-10-15(11-18)14-3-2-4-16(19)9-14/h2-9,12,15,18,21H,10-11H2,1H3. The molecule has 1 aliphatic rings. The Bertz CT molecular complexity index is 605. The maximum atomic E-state index is 12.9. The molecule has 0 radical (unpaired) electrons. The van der Waals surface area contributed by atoms with Gasteiger partial charge in [0.25, 0.3) is 0 Å². The summed E-state index contributed by atoms with van der Waals surface area (Å²) < 4.78 is 12.9. The average Bonchev–Trinajstić information content (AvgIpc) is 2.43. The van der Waals surface area contributed by atoms with Gasteiger partial charge >= 0.3 is 0 Å². The van der Waals surface area contributed by atoms with Gasteiger partial charge in [0.05, 0.1) is 0 Å². The first kappa shape index (κ1) is 14.6. The van der Waals surface area contributed by atoms with Gasteiger partial charge in [-0.2, -0.15) is 0 Å². The van der Waals surface area contributed by atoms with Crippen LogP contribution in [0.1, 0.15) is 42.9 Å². The second kappa shape index (κ2) is 6.17. The number of nitrogens with one attached hydrogen (secondary N) is 1. The Labute approximate surface area is 130 Å². The van der Waals surface area contributed by atoms with Gasteiger partial charge in [0.1, 0.15) is 5.82 Å². The maximum Gasteiger partial charge on any atom is 0.123 e. The molecular formula is C18H19ClFN. The van der Waals surface area contributed by atoms with E-state index in [1.165, 1.54) is 17.7 Å². The minimum absolute atomic E-state index is 0.185. The van der Waals surface area contributed by atoms with Crippen LogP contribution < -0.4 is 5.32 Å². The Balaban J connectivity index is 1.54. The zero-order valence-electron chi connectivity index (χ0n) is 12.0. The van der Waals surface area contributed by atoms with E-state index in [0.29, 0.717) is 12.0 Å². The fourth-order valence-corrected chi connectivity index (χ4v) is 3.19. The molecule has 110 valence electrons. The van der Waals surface area contributed by atoms with Crippen molar-refractivity contribution >= 4 is 11.6 Å². The van der Waals surface area contributed by atoms with Crippen LogP contribution in [0, 0.1) is 5.82 Å². The molecule has 1 nitrogen and oxygen atoms in total. The van der Waals surface area contributed by atoms with Crippen molar-refractivity contribution in [2.24, 2.45) is 0 Å². The molecule has 1 saturated carbocycles. The first-order valence-corrected chi connectivity index (χ1v) is 7.76. The molecule has 0 heterocycles. The van der Waals surface area contributed by atoms with Crippen molar-refractivity contribution in [1.29, 1.82) is 0 Å². The van der Waals surface area contributed by atoms with Crippen LogP contribution in [0.15, 0.2) is 48.5 Å². The van der Waals surface area contributed by atoms with Crippen molar-refractivity contribution in [3.05, 3.63) is 70.5 Å². The summed E-state index contributed by atoms with van der Waals surface area (Å²) in [6, 6.07) is 15.6. The Hall–Kier alpha value is -1.38. The average molecular weight is 304 g/mol. The Morgan fingerprint density at radius 1 is 1.14 bits per heavy atom. The molecule has 1 N–H and O–H groups in total. The Morgan fingerprint density at radius 3 is 2.52 bits per heavy atom. The molecule has 2 aromatic carbocycles. The second-order valence-electron chi connectivity index (χ2n) is 5.86. The lowest BCUT2D eigenvalue weighted by atomic mass is 9.75. The Kier molecular flexibility index (Phi) is 4.27. The summed E-state index contributed by atoms with van der Waals surface area (Å²) in [7, 11) is 0. The summed E-state index contributed by atoms with van der Waals surface area (Å²) in [5, 5.41) is 4.42. The van der Waals surface area contributed by atoms with Crippen LogP contribution >= 0.6 is 11.6 Å². The van der Waals surface area contributed by atoms with Crippen molar-refractivity contribution in [3.63, 3.8) is 0 Å². The maximum absolute atomic E-state index is 12.9. The minimum atomic E-state index is -0.185. The normalized spacial score (nSPS) is 22.6. The third kappa shape index (κ3) is 3.45. The highest BCUT2D eigenvalue weighted by Gasteiger charge is 2.31. The molecule has 0 saturated heterocycles. The van der Waals surface area contributed by atoms with Crippen LogP contribution in [0.2, 0.25) is 5.02 Å². The van der Waals surface area contributed by atoms with E-state index < -0.39 is 0 Å². The summed E-state index contributed by atoms with van der Waals surface area (Å²) in [6.45, 7) is 2.12. The molecule has 1 aliphatic carbocycles. The number of hydrogen-bond donors (Lipinski definition) is 1. The van der Waals surface area contributed by atoms with Crippen molar-refractivity contribution in [2.45, 2.75) is 37.8 Å². The van der Waals surface area contributed by atoms with E-state index in [-0.39, 0.29) is 11.9 Å². The number of hydrogen-bond acceptors (Lipinski definition) is 1. The summed E-state index contributed by atoms with van der Waals surface area (Å²) in [4.78, 5) is 0. The van der Waals surface area contributed by atoms with Gasteiger partial charge in [0.2, 0.25) is 0 Å². The van der Waals surface area contributed by atoms with E-state index in [0.717, 1.165) is 23.4 Å². The summed E-state index contributed by atoms with van der Waals surface area (Å²) in [5.41, 5.74) is 2.46. The Morgan fingerprint density at radius 2 is 1.86 bits per heavy atom. The highest BCUT2D eigenvalue weighted by molar-refractivity contribution is 6.30. The lowest BCUT2D eigenvalue weighted by Gasteiger charge is -2.38. The fraction of sp³-hybridized carbons (Fsp3) is 0.333.